The van der Waals surface area contributed by atoms with Crippen molar-refractivity contribution in [2.75, 3.05) is 6.54 Å². The molecule has 1 heterocycles. The number of rotatable bonds is 5. The summed E-state index contributed by atoms with van der Waals surface area (Å²) in [6.45, 7) is 2.03. The SMILES string of the molecule is C1=C(CCNCc2ccc3cnccc3c2)CCC1. The van der Waals surface area contributed by atoms with E-state index in [1.807, 2.05) is 12.4 Å². The summed E-state index contributed by atoms with van der Waals surface area (Å²) >= 11 is 0. The lowest BCUT2D eigenvalue weighted by atomic mass is 10.1. The van der Waals surface area contributed by atoms with E-state index >= 15 is 0 Å². The van der Waals surface area contributed by atoms with E-state index in [9.17, 15) is 0 Å². The van der Waals surface area contributed by atoms with Gasteiger partial charge in [-0.3, -0.25) is 4.98 Å². The number of aromatic nitrogens is 1. The normalized spacial score (nSPS) is 14.8. The van der Waals surface area contributed by atoms with Gasteiger partial charge < -0.3 is 5.32 Å². The van der Waals surface area contributed by atoms with Gasteiger partial charge in [-0.1, -0.05) is 23.8 Å². The molecule has 0 radical (unpaired) electrons. The molecule has 0 atom stereocenters. The Bertz CT molecular complexity index is 587. The van der Waals surface area contributed by atoms with Crippen molar-refractivity contribution in [2.45, 2.75) is 32.2 Å². The lowest BCUT2D eigenvalue weighted by molar-refractivity contribution is 0.676. The van der Waals surface area contributed by atoms with Crippen LogP contribution < -0.4 is 5.32 Å². The van der Waals surface area contributed by atoms with E-state index in [4.69, 9.17) is 0 Å². The fraction of sp³-hybridized carbons (Fsp3) is 0.353. The van der Waals surface area contributed by atoms with Crippen LogP contribution in [-0.4, -0.2) is 11.5 Å². The summed E-state index contributed by atoms with van der Waals surface area (Å²) in [5.41, 5.74) is 2.98. The summed E-state index contributed by atoms with van der Waals surface area (Å²) in [5.74, 6) is 0. The molecule has 1 N–H and O–H groups in total. The van der Waals surface area contributed by atoms with E-state index < -0.39 is 0 Å². The fourth-order valence-corrected chi connectivity index (χ4v) is 2.69. The van der Waals surface area contributed by atoms with Gasteiger partial charge in [0.25, 0.3) is 0 Å². The van der Waals surface area contributed by atoms with E-state index in [0.29, 0.717) is 0 Å². The molecule has 2 heteroatoms. The molecule has 2 aromatic rings. The highest BCUT2D eigenvalue weighted by Crippen LogP contribution is 2.20. The number of benzene rings is 1. The number of hydrogen-bond donors (Lipinski definition) is 1. The summed E-state index contributed by atoms with van der Waals surface area (Å²) in [7, 11) is 0. The van der Waals surface area contributed by atoms with E-state index in [2.05, 4.69) is 40.6 Å². The summed E-state index contributed by atoms with van der Waals surface area (Å²) in [6, 6.07) is 8.66. The topological polar surface area (TPSA) is 24.9 Å². The molecule has 1 aromatic carbocycles. The third kappa shape index (κ3) is 3.21. The second-order valence-electron chi connectivity index (χ2n) is 5.24. The number of nitrogens with zero attached hydrogens (tertiary/aromatic N) is 1. The number of fused-ring (bicyclic) bond motifs is 1. The Kier molecular flexibility index (Phi) is 3.89. The standard InChI is InChI=1S/C17H20N2/c1-2-4-14(3-1)7-9-18-12-15-5-6-17-13-19-10-8-16(17)11-15/h3,5-6,8,10-11,13,18H,1-2,4,7,9,12H2. The largest absolute Gasteiger partial charge is 0.312 e. The van der Waals surface area contributed by atoms with E-state index in [-0.39, 0.29) is 0 Å². The van der Waals surface area contributed by atoms with Crippen LogP contribution in [0.3, 0.4) is 0 Å². The maximum absolute atomic E-state index is 4.14. The molecular formula is C17H20N2. The molecule has 0 aliphatic heterocycles. The Morgan fingerprint density at radius 1 is 1.16 bits per heavy atom. The smallest absolute Gasteiger partial charge is 0.0346 e. The molecule has 1 aromatic heterocycles. The van der Waals surface area contributed by atoms with Crippen LogP contribution in [0.15, 0.2) is 48.3 Å². The molecule has 1 aliphatic carbocycles. The van der Waals surface area contributed by atoms with Gasteiger partial charge in [-0.05, 0) is 55.3 Å². The first kappa shape index (κ1) is 12.4. The molecule has 0 saturated heterocycles. The molecule has 19 heavy (non-hydrogen) atoms. The van der Waals surface area contributed by atoms with Gasteiger partial charge in [0.15, 0.2) is 0 Å². The van der Waals surface area contributed by atoms with Crippen molar-refractivity contribution in [1.82, 2.24) is 10.3 Å². The van der Waals surface area contributed by atoms with Crippen LogP contribution in [-0.2, 0) is 6.54 Å². The summed E-state index contributed by atoms with van der Waals surface area (Å²) in [4.78, 5) is 4.14. The van der Waals surface area contributed by atoms with Crippen molar-refractivity contribution in [3.8, 4) is 0 Å². The van der Waals surface area contributed by atoms with Crippen LogP contribution in [0.4, 0.5) is 0 Å². The second-order valence-corrected chi connectivity index (χ2v) is 5.24. The molecule has 0 fully saturated rings. The first-order valence-electron chi connectivity index (χ1n) is 7.13. The lowest BCUT2D eigenvalue weighted by Crippen LogP contribution is -2.15. The zero-order chi connectivity index (χ0) is 12.9. The highest BCUT2D eigenvalue weighted by Gasteiger charge is 2.03. The predicted molar refractivity (Wildman–Crippen MR) is 80.0 cm³/mol. The molecule has 0 bridgehead atoms. The van der Waals surface area contributed by atoms with Gasteiger partial charge in [-0.2, -0.15) is 0 Å². The van der Waals surface area contributed by atoms with Crippen LogP contribution in [0.1, 0.15) is 31.2 Å². The van der Waals surface area contributed by atoms with Crippen LogP contribution in [0.2, 0.25) is 0 Å². The average molecular weight is 252 g/mol. The van der Waals surface area contributed by atoms with Gasteiger partial charge in [-0.25, -0.2) is 0 Å². The van der Waals surface area contributed by atoms with Crippen LogP contribution in [0, 0.1) is 0 Å². The number of hydrogen-bond acceptors (Lipinski definition) is 2. The minimum atomic E-state index is 0.950. The number of pyridine rings is 1. The lowest BCUT2D eigenvalue weighted by Gasteiger charge is -2.07. The van der Waals surface area contributed by atoms with Crippen LogP contribution in [0.25, 0.3) is 10.8 Å². The van der Waals surface area contributed by atoms with E-state index in [1.54, 1.807) is 5.57 Å². The highest BCUT2D eigenvalue weighted by atomic mass is 14.8. The maximum atomic E-state index is 4.14. The van der Waals surface area contributed by atoms with Crippen molar-refractivity contribution in [3.63, 3.8) is 0 Å². The van der Waals surface area contributed by atoms with Gasteiger partial charge in [0.05, 0.1) is 0 Å². The molecule has 2 nitrogen and oxygen atoms in total. The monoisotopic (exact) mass is 252 g/mol. The summed E-state index contributed by atoms with van der Waals surface area (Å²) < 4.78 is 0. The maximum Gasteiger partial charge on any atom is 0.0346 e. The summed E-state index contributed by atoms with van der Waals surface area (Å²) in [5, 5.41) is 6.02. The van der Waals surface area contributed by atoms with Gasteiger partial charge in [-0.15, -0.1) is 0 Å². The van der Waals surface area contributed by atoms with Crippen molar-refractivity contribution in [1.29, 1.82) is 0 Å². The third-order valence-electron chi connectivity index (χ3n) is 3.79. The van der Waals surface area contributed by atoms with Crippen LogP contribution >= 0.6 is 0 Å². The second kappa shape index (κ2) is 5.98. The molecule has 1 aliphatic rings. The van der Waals surface area contributed by atoms with Crippen molar-refractivity contribution < 1.29 is 0 Å². The molecule has 0 amide bonds. The van der Waals surface area contributed by atoms with Crippen molar-refractivity contribution in [3.05, 3.63) is 53.9 Å². The average Bonchev–Trinajstić information content (AvgIpc) is 2.97. The Labute approximate surface area is 114 Å². The Morgan fingerprint density at radius 3 is 3.05 bits per heavy atom. The molecule has 0 spiro atoms. The first-order chi connectivity index (χ1) is 9.42. The molecule has 98 valence electrons. The molecular weight excluding hydrogens is 232 g/mol. The number of nitrogens with one attached hydrogen (secondary N) is 1. The van der Waals surface area contributed by atoms with E-state index in [1.165, 1.54) is 42.0 Å². The Morgan fingerprint density at radius 2 is 2.16 bits per heavy atom. The minimum Gasteiger partial charge on any atom is -0.312 e. The quantitative estimate of drug-likeness (QED) is 0.646. The highest BCUT2D eigenvalue weighted by molar-refractivity contribution is 5.81. The Balaban J connectivity index is 1.53. The van der Waals surface area contributed by atoms with Crippen LogP contribution in [0.5, 0.6) is 0 Å². The third-order valence-corrected chi connectivity index (χ3v) is 3.79. The molecule has 3 rings (SSSR count). The Hall–Kier alpha value is -1.67. The zero-order valence-corrected chi connectivity index (χ0v) is 11.2. The number of allylic oxidation sites excluding steroid dienone is 1. The van der Waals surface area contributed by atoms with Gasteiger partial charge >= 0.3 is 0 Å². The molecule has 0 unspecified atom stereocenters. The van der Waals surface area contributed by atoms with Gasteiger partial charge in [0.1, 0.15) is 0 Å². The minimum absolute atomic E-state index is 0.950. The zero-order valence-electron chi connectivity index (χ0n) is 11.2. The first-order valence-corrected chi connectivity index (χ1v) is 7.13. The van der Waals surface area contributed by atoms with E-state index in [0.717, 1.165) is 13.1 Å². The molecule has 0 saturated carbocycles. The van der Waals surface area contributed by atoms with Crippen molar-refractivity contribution in [2.24, 2.45) is 0 Å². The van der Waals surface area contributed by atoms with Gasteiger partial charge in [0, 0.05) is 24.3 Å². The fourth-order valence-electron chi connectivity index (χ4n) is 2.69. The summed E-state index contributed by atoms with van der Waals surface area (Å²) in [6.07, 6.45) is 11.3. The van der Waals surface area contributed by atoms with Gasteiger partial charge in [0.2, 0.25) is 0 Å². The van der Waals surface area contributed by atoms with Crippen molar-refractivity contribution >= 4 is 10.8 Å². The predicted octanol–water partition coefficient (Wildman–Crippen LogP) is 3.82.